The number of benzene rings is 4. The second-order valence-electron chi connectivity index (χ2n) is 7.71. The lowest BCUT2D eigenvalue weighted by Crippen LogP contribution is -2.22. The molecule has 0 bridgehead atoms. The lowest BCUT2D eigenvalue weighted by molar-refractivity contribution is 0.306. The molecule has 4 aromatic carbocycles. The Kier molecular flexibility index (Phi) is 4.86. The summed E-state index contributed by atoms with van der Waals surface area (Å²) in [7, 11) is 0. The molecule has 2 aromatic heterocycles. The van der Waals surface area contributed by atoms with Crippen LogP contribution in [0.2, 0.25) is 5.02 Å². The zero-order chi connectivity index (χ0) is 22.4. The summed E-state index contributed by atoms with van der Waals surface area (Å²) in [6, 6.07) is 27.4. The maximum Gasteiger partial charge on any atom is 0.274 e. The third kappa shape index (κ3) is 3.46. The maximum atomic E-state index is 13.3. The van der Waals surface area contributed by atoms with Crippen LogP contribution in [0.15, 0.2) is 89.7 Å². The molecule has 2 heterocycles. The number of imidazole rings is 1. The van der Waals surface area contributed by atoms with E-state index in [0.717, 1.165) is 32.9 Å². The van der Waals surface area contributed by atoms with Gasteiger partial charge < -0.3 is 4.74 Å². The summed E-state index contributed by atoms with van der Waals surface area (Å²) in [4.78, 5) is 18.6. The molecule has 0 unspecified atom stereocenters. The Morgan fingerprint density at radius 1 is 0.939 bits per heavy atom. The molecule has 0 saturated carbocycles. The van der Waals surface area contributed by atoms with Gasteiger partial charge in [0, 0.05) is 16.1 Å². The van der Waals surface area contributed by atoms with Gasteiger partial charge in [-0.3, -0.25) is 4.79 Å². The first-order valence-electron chi connectivity index (χ1n) is 10.5. The van der Waals surface area contributed by atoms with Gasteiger partial charge in [0.15, 0.2) is 4.96 Å². The summed E-state index contributed by atoms with van der Waals surface area (Å²) in [6.45, 7) is 0.335. The number of hydrogen-bond donors (Lipinski definition) is 0. The highest BCUT2D eigenvalue weighted by atomic mass is 35.5. The summed E-state index contributed by atoms with van der Waals surface area (Å²) < 4.78 is 8.51. The number of ether oxygens (including phenoxy) is 1. The van der Waals surface area contributed by atoms with E-state index in [1.54, 1.807) is 4.40 Å². The van der Waals surface area contributed by atoms with Gasteiger partial charge in [-0.05, 0) is 41.1 Å². The van der Waals surface area contributed by atoms with Crippen molar-refractivity contribution in [2.75, 3.05) is 0 Å². The number of thiazole rings is 1. The second kappa shape index (κ2) is 8.03. The van der Waals surface area contributed by atoms with Crippen LogP contribution in [0.3, 0.4) is 0 Å². The normalized spacial score (nSPS) is 12.2. The molecule has 0 radical (unpaired) electrons. The van der Waals surface area contributed by atoms with Gasteiger partial charge >= 0.3 is 0 Å². The molecule has 0 spiro atoms. The van der Waals surface area contributed by atoms with Crippen LogP contribution in [0, 0.1) is 0 Å². The van der Waals surface area contributed by atoms with Gasteiger partial charge in [0.25, 0.3) is 5.56 Å². The third-order valence-corrected chi connectivity index (χ3v) is 7.03. The minimum Gasteiger partial charge on any atom is -0.488 e. The summed E-state index contributed by atoms with van der Waals surface area (Å²) in [6.07, 6.45) is 1.92. The molecule has 4 nitrogen and oxygen atoms in total. The Hall–Kier alpha value is -3.67. The van der Waals surface area contributed by atoms with Crippen molar-refractivity contribution >= 4 is 55.8 Å². The highest BCUT2D eigenvalue weighted by Crippen LogP contribution is 2.30. The van der Waals surface area contributed by atoms with E-state index in [-0.39, 0.29) is 5.56 Å². The number of rotatable bonds is 4. The fourth-order valence-corrected chi connectivity index (χ4v) is 5.22. The molecule has 0 aliphatic carbocycles. The number of para-hydroxylation sites is 2. The Bertz CT molecular complexity index is 1770. The molecule has 0 aliphatic rings. The second-order valence-corrected chi connectivity index (χ2v) is 9.13. The fourth-order valence-electron chi connectivity index (χ4n) is 4.06. The first kappa shape index (κ1) is 20.0. The van der Waals surface area contributed by atoms with E-state index in [9.17, 15) is 4.79 Å². The van der Waals surface area contributed by atoms with Gasteiger partial charge in [-0.1, -0.05) is 83.6 Å². The number of fused-ring (bicyclic) bond motifs is 4. The Labute approximate surface area is 198 Å². The van der Waals surface area contributed by atoms with Crippen molar-refractivity contribution in [1.82, 2.24) is 9.38 Å². The molecule has 0 N–H and O–H groups in total. The SMILES string of the molecule is O=c1c(=Cc2c(OCc3ccccc3Cl)ccc3ccccc23)sc2nc3ccccc3n12. The van der Waals surface area contributed by atoms with Crippen LogP contribution in [0.4, 0.5) is 0 Å². The molecule has 6 rings (SSSR count). The van der Waals surface area contributed by atoms with Crippen molar-refractivity contribution < 1.29 is 4.74 Å². The summed E-state index contributed by atoms with van der Waals surface area (Å²) in [5, 5.41) is 2.76. The van der Waals surface area contributed by atoms with Crippen LogP contribution in [0.1, 0.15) is 11.1 Å². The van der Waals surface area contributed by atoms with Crippen molar-refractivity contribution in [3.05, 3.63) is 116 Å². The Morgan fingerprint density at radius 3 is 2.64 bits per heavy atom. The standard InChI is InChI=1S/C27H17ClN2O2S/c28-21-10-4-2-8-18(21)16-32-24-14-13-17-7-1-3-9-19(17)20(24)15-25-26(31)30-23-12-6-5-11-22(23)29-27(30)33-25/h1-15H,16H2. The Morgan fingerprint density at radius 2 is 1.73 bits per heavy atom. The maximum absolute atomic E-state index is 13.3. The first-order valence-corrected chi connectivity index (χ1v) is 11.7. The minimum atomic E-state index is -0.0753. The molecular formula is C27H17ClN2O2S. The van der Waals surface area contributed by atoms with E-state index in [2.05, 4.69) is 11.1 Å². The van der Waals surface area contributed by atoms with Crippen molar-refractivity contribution in [3.63, 3.8) is 0 Å². The summed E-state index contributed by atoms with van der Waals surface area (Å²) in [5.41, 5.74) is 3.34. The molecule has 0 fully saturated rings. The third-order valence-electron chi connectivity index (χ3n) is 5.69. The average molecular weight is 469 g/mol. The predicted octanol–water partition coefficient (Wildman–Crippen LogP) is 5.84. The zero-order valence-corrected chi connectivity index (χ0v) is 18.9. The van der Waals surface area contributed by atoms with E-state index in [1.165, 1.54) is 11.3 Å². The molecule has 6 aromatic rings. The summed E-state index contributed by atoms with van der Waals surface area (Å²) >= 11 is 7.70. The van der Waals surface area contributed by atoms with E-state index in [4.69, 9.17) is 16.3 Å². The number of nitrogens with zero attached hydrogens (tertiary/aromatic N) is 2. The van der Waals surface area contributed by atoms with Crippen molar-refractivity contribution in [3.8, 4) is 5.75 Å². The highest BCUT2D eigenvalue weighted by Gasteiger charge is 2.13. The van der Waals surface area contributed by atoms with E-state index >= 15 is 0 Å². The first-order chi connectivity index (χ1) is 16.2. The Balaban J connectivity index is 1.53. The van der Waals surface area contributed by atoms with Crippen LogP contribution < -0.4 is 14.8 Å². The topological polar surface area (TPSA) is 43.6 Å². The molecule has 6 heteroatoms. The molecular weight excluding hydrogens is 452 g/mol. The van der Waals surface area contributed by atoms with Gasteiger partial charge in [0.1, 0.15) is 12.4 Å². The van der Waals surface area contributed by atoms with Crippen molar-refractivity contribution in [2.24, 2.45) is 0 Å². The molecule has 0 saturated heterocycles. The van der Waals surface area contributed by atoms with Crippen LogP contribution >= 0.6 is 22.9 Å². The zero-order valence-electron chi connectivity index (χ0n) is 17.4. The minimum absolute atomic E-state index is 0.0753. The lowest BCUT2D eigenvalue weighted by atomic mass is 10.0. The molecule has 0 amide bonds. The van der Waals surface area contributed by atoms with Crippen molar-refractivity contribution in [2.45, 2.75) is 6.61 Å². The number of aromatic nitrogens is 2. The van der Waals surface area contributed by atoms with E-state index < -0.39 is 0 Å². The van der Waals surface area contributed by atoms with Crippen LogP contribution in [-0.2, 0) is 6.61 Å². The molecule has 160 valence electrons. The van der Waals surface area contributed by atoms with Crippen molar-refractivity contribution in [1.29, 1.82) is 0 Å². The fraction of sp³-hybridized carbons (Fsp3) is 0.0370. The lowest BCUT2D eigenvalue weighted by Gasteiger charge is -2.12. The molecule has 0 atom stereocenters. The van der Waals surface area contributed by atoms with Crippen LogP contribution in [-0.4, -0.2) is 9.38 Å². The average Bonchev–Trinajstić information content (AvgIpc) is 3.35. The van der Waals surface area contributed by atoms with Gasteiger partial charge in [0.2, 0.25) is 0 Å². The van der Waals surface area contributed by atoms with E-state index in [0.29, 0.717) is 26.9 Å². The number of hydrogen-bond acceptors (Lipinski definition) is 4. The smallest absolute Gasteiger partial charge is 0.274 e. The summed E-state index contributed by atoms with van der Waals surface area (Å²) in [5.74, 6) is 0.698. The van der Waals surface area contributed by atoms with Gasteiger partial charge in [-0.15, -0.1) is 0 Å². The van der Waals surface area contributed by atoms with Gasteiger partial charge in [-0.25, -0.2) is 9.38 Å². The largest absolute Gasteiger partial charge is 0.488 e. The van der Waals surface area contributed by atoms with Crippen LogP contribution in [0.5, 0.6) is 5.75 Å². The quantitative estimate of drug-likeness (QED) is 0.326. The van der Waals surface area contributed by atoms with Crippen LogP contribution in [0.25, 0.3) is 32.8 Å². The molecule has 33 heavy (non-hydrogen) atoms. The number of halogens is 1. The monoisotopic (exact) mass is 468 g/mol. The molecule has 0 aliphatic heterocycles. The van der Waals surface area contributed by atoms with Gasteiger partial charge in [0.05, 0.1) is 15.6 Å². The van der Waals surface area contributed by atoms with E-state index in [1.807, 2.05) is 84.9 Å². The predicted molar refractivity (Wildman–Crippen MR) is 135 cm³/mol. The van der Waals surface area contributed by atoms with Gasteiger partial charge in [-0.2, -0.15) is 0 Å². The highest BCUT2D eigenvalue weighted by molar-refractivity contribution is 7.15.